The Morgan fingerprint density at radius 2 is 1.57 bits per heavy atom. The number of likely N-dealkylation sites (tertiary alicyclic amines) is 2. The molecule has 13 heteroatoms. The molecule has 1 aromatic carbocycles. The Balaban J connectivity index is 1.19. The van der Waals surface area contributed by atoms with E-state index in [1.165, 1.54) is 0 Å². The number of anilines is 1. The first-order chi connectivity index (χ1) is 16.4. The van der Waals surface area contributed by atoms with Crippen LogP contribution in [0.15, 0.2) is 18.2 Å². The van der Waals surface area contributed by atoms with E-state index in [0.717, 1.165) is 35.7 Å². The van der Waals surface area contributed by atoms with Gasteiger partial charge in [0.25, 0.3) is 6.10 Å². The number of benzene rings is 1. The van der Waals surface area contributed by atoms with E-state index >= 15 is 0 Å². The molecular formula is C22H24ClF6N3O3. The number of amides is 1. The van der Waals surface area contributed by atoms with Gasteiger partial charge >= 0.3 is 18.4 Å². The molecule has 5 heterocycles. The molecule has 35 heavy (non-hydrogen) atoms. The summed E-state index contributed by atoms with van der Waals surface area (Å²) in [6.07, 6.45) is -15.6. The predicted molar refractivity (Wildman–Crippen MR) is 113 cm³/mol. The first-order valence-corrected chi connectivity index (χ1v) is 11.7. The van der Waals surface area contributed by atoms with Crippen LogP contribution in [0.2, 0.25) is 5.02 Å². The molecule has 6 nitrogen and oxygen atoms in total. The molecule has 0 aliphatic carbocycles. The number of fused-ring (bicyclic) bond motifs is 3. The quantitative estimate of drug-likeness (QED) is 0.546. The SMILES string of the molecule is O=C(OC(C(F)(F)F)C(F)(F)F)N1CC2CN(Cc3ccc(Cl)cc3N3CC4CC(C3)O4)CC2C1. The van der Waals surface area contributed by atoms with Crippen molar-refractivity contribution >= 4 is 23.4 Å². The lowest BCUT2D eigenvalue weighted by atomic mass is 9.97. The monoisotopic (exact) mass is 527 g/mol. The highest BCUT2D eigenvalue weighted by molar-refractivity contribution is 6.30. The van der Waals surface area contributed by atoms with Crippen molar-refractivity contribution < 1.29 is 40.6 Å². The Morgan fingerprint density at radius 3 is 2.11 bits per heavy atom. The summed E-state index contributed by atoms with van der Waals surface area (Å²) in [4.78, 5) is 17.5. The number of hydrogen-bond acceptors (Lipinski definition) is 5. The number of rotatable bonds is 4. The van der Waals surface area contributed by atoms with Gasteiger partial charge in [-0.05, 0) is 29.5 Å². The predicted octanol–water partition coefficient (Wildman–Crippen LogP) is 4.31. The van der Waals surface area contributed by atoms with Crippen LogP contribution in [0.3, 0.4) is 0 Å². The van der Waals surface area contributed by atoms with Crippen LogP contribution in [0.5, 0.6) is 0 Å². The van der Waals surface area contributed by atoms with Crippen LogP contribution < -0.4 is 4.90 Å². The van der Waals surface area contributed by atoms with E-state index in [2.05, 4.69) is 14.5 Å². The average Bonchev–Trinajstić information content (AvgIpc) is 3.30. The molecular weight excluding hydrogens is 504 g/mol. The minimum absolute atomic E-state index is 0.0513. The number of piperidine rings is 1. The fourth-order valence-electron chi connectivity index (χ4n) is 5.62. The Morgan fingerprint density at radius 1 is 1.00 bits per heavy atom. The fourth-order valence-corrected chi connectivity index (χ4v) is 5.79. The lowest BCUT2D eigenvalue weighted by Crippen LogP contribution is -2.57. The maximum absolute atomic E-state index is 12.7. The molecule has 5 aliphatic rings. The number of carbonyl (C=O) groups excluding carboxylic acids is 1. The number of morpholine rings is 1. The molecule has 2 bridgehead atoms. The van der Waals surface area contributed by atoms with Crippen LogP contribution in [0, 0.1) is 11.8 Å². The van der Waals surface area contributed by atoms with Gasteiger partial charge in [0.05, 0.1) is 12.2 Å². The topological polar surface area (TPSA) is 45.2 Å². The molecule has 0 N–H and O–H groups in total. The van der Waals surface area contributed by atoms with Crippen LogP contribution in [-0.2, 0) is 16.0 Å². The van der Waals surface area contributed by atoms with Gasteiger partial charge in [0.15, 0.2) is 0 Å². The molecule has 1 amide bonds. The van der Waals surface area contributed by atoms with E-state index in [1.54, 1.807) is 0 Å². The van der Waals surface area contributed by atoms with Crippen molar-refractivity contribution in [2.45, 2.75) is 43.6 Å². The summed E-state index contributed by atoms with van der Waals surface area (Å²) in [5, 5.41) is 0.632. The molecule has 194 valence electrons. The highest BCUT2D eigenvalue weighted by atomic mass is 35.5. The zero-order valence-corrected chi connectivity index (χ0v) is 19.2. The molecule has 0 aromatic heterocycles. The second kappa shape index (κ2) is 8.88. The normalized spacial score (nSPS) is 28.9. The smallest absolute Gasteiger partial charge is 0.426 e. The van der Waals surface area contributed by atoms with E-state index in [9.17, 15) is 31.1 Å². The number of halogens is 7. The largest absolute Gasteiger partial charge is 0.434 e. The number of nitrogens with zero attached hydrogens (tertiary/aromatic N) is 3. The molecule has 5 saturated heterocycles. The standard InChI is InChI=1S/C22H24ClF6N3O3/c23-15-2-1-12(18(3-15)31-10-16-4-17(11-31)34-16)5-30-6-13-8-32(9-14(13)7-30)20(33)35-19(21(24,25)26)22(27,28)29/h1-3,13-14,16-17,19H,4-11H2. The van der Waals surface area contributed by atoms with Gasteiger partial charge in [-0.3, -0.25) is 4.90 Å². The Labute approximate surface area is 202 Å². The van der Waals surface area contributed by atoms with E-state index in [1.807, 2.05) is 18.2 Å². The fraction of sp³-hybridized carbons (Fsp3) is 0.682. The first-order valence-electron chi connectivity index (χ1n) is 11.4. The third kappa shape index (κ3) is 5.15. The van der Waals surface area contributed by atoms with Gasteiger partial charge in [-0.15, -0.1) is 0 Å². The van der Waals surface area contributed by atoms with Gasteiger partial charge in [0, 0.05) is 62.9 Å². The van der Waals surface area contributed by atoms with Crippen LogP contribution in [0.4, 0.5) is 36.8 Å². The second-order valence-corrected chi connectivity index (χ2v) is 10.2. The van der Waals surface area contributed by atoms with Crippen molar-refractivity contribution in [3.63, 3.8) is 0 Å². The van der Waals surface area contributed by atoms with Gasteiger partial charge in [-0.2, -0.15) is 26.3 Å². The third-order valence-electron chi connectivity index (χ3n) is 7.17. The van der Waals surface area contributed by atoms with E-state index < -0.39 is 24.5 Å². The van der Waals surface area contributed by atoms with Crippen LogP contribution in [0.1, 0.15) is 12.0 Å². The Hall–Kier alpha value is -1.92. The molecule has 4 atom stereocenters. The lowest BCUT2D eigenvalue weighted by Gasteiger charge is -2.48. The summed E-state index contributed by atoms with van der Waals surface area (Å²) in [5.74, 6) is -0.103. The number of ether oxygens (including phenoxy) is 2. The van der Waals surface area contributed by atoms with Crippen molar-refractivity contribution in [2.24, 2.45) is 11.8 Å². The zero-order chi connectivity index (χ0) is 25.1. The van der Waals surface area contributed by atoms with Gasteiger partial charge < -0.3 is 19.3 Å². The number of hydrogen-bond donors (Lipinski definition) is 0. The summed E-state index contributed by atoms with van der Waals surface area (Å²) < 4.78 is 85.9. The zero-order valence-electron chi connectivity index (χ0n) is 18.5. The summed E-state index contributed by atoms with van der Waals surface area (Å²) in [5.41, 5.74) is 2.13. The third-order valence-corrected chi connectivity index (χ3v) is 7.41. The Kier molecular flexibility index (Phi) is 6.28. The second-order valence-electron chi connectivity index (χ2n) is 9.76. The number of alkyl halides is 6. The lowest BCUT2D eigenvalue weighted by molar-refractivity contribution is -0.308. The highest BCUT2D eigenvalue weighted by Gasteiger charge is 2.60. The van der Waals surface area contributed by atoms with Gasteiger partial charge in [0.2, 0.25) is 0 Å². The molecule has 5 fully saturated rings. The summed E-state index contributed by atoms with van der Waals surface area (Å²) in [6, 6.07) is 5.74. The first kappa shape index (κ1) is 24.8. The van der Waals surface area contributed by atoms with Crippen LogP contribution in [0.25, 0.3) is 0 Å². The average molecular weight is 528 g/mol. The van der Waals surface area contributed by atoms with Gasteiger partial charge in [-0.1, -0.05) is 17.7 Å². The molecule has 5 aliphatic heterocycles. The molecule has 0 radical (unpaired) electrons. The number of carbonyl (C=O) groups is 1. The summed E-state index contributed by atoms with van der Waals surface area (Å²) >= 11 is 6.25. The van der Waals surface area contributed by atoms with Crippen molar-refractivity contribution in [3.05, 3.63) is 28.8 Å². The van der Waals surface area contributed by atoms with Crippen molar-refractivity contribution in [1.82, 2.24) is 9.80 Å². The minimum Gasteiger partial charge on any atom is -0.426 e. The highest BCUT2D eigenvalue weighted by Crippen LogP contribution is 2.39. The molecule has 4 unspecified atom stereocenters. The van der Waals surface area contributed by atoms with Gasteiger partial charge in [0.1, 0.15) is 0 Å². The molecule has 6 rings (SSSR count). The van der Waals surface area contributed by atoms with Crippen LogP contribution in [-0.4, -0.2) is 85.8 Å². The van der Waals surface area contributed by atoms with E-state index in [4.69, 9.17) is 16.3 Å². The minimum atomic E-state index is -5.72. The molecule has 0 saturated carbocycles. The van der Waals surface area contributed by atoms with Crippen molar-refractivity contribution in [2.75, 3.05) is 44.2 Å². The molecule has 0 spiro atoms. The maximum Gasteiger partial charge on any atom is 0.434 e. The van der Waals surface area contributed by atoms with Crippen molar-refractivity contribution in [3.8, 4) is 0 Å². The molecule has 1 aromatic rings. The van der Waals surface area contributed by atoms with E-state index in [-0.39, 0.29) is 37.1 Å². The summed E-state index contributed by atoms with van der Waals surface area (Å²) in [7, 11) is 0. The maximum atomic E-state index is 12.7. The van der Waals surface area contributed by atoms with Crippen LogP contribution >= 0.6 is 11.6 Å². The van der Waals surface area contributed by atoms with E-state index in [0.29, 0.717) is 24.7 Å². The van der Waals surface area contributed by atoms with Crippen molar-refractivity contribution in [1.29, 1.82) is 0 Å². The summed E-state index contributed by atoms with van der Waals surface area (Å²) in [6.45, 7) is 3.48. The van der Waals surface area contributed by atoms with Gasteiger partial charge in [-0.25, -0.2) is 4.79 Å². The Bertz CT molecular complexity index is 933.